The first kappa shape index (κ1) is 17.2. The summed E-state index contributed by atoms with van der Waals surface area (Å²) in [6.45, 7) is 8.23. The molecule has 118 valence electrons. The number of nitrogens with zero attached hydrogens (tertiary/aromatic N) is 2. The molecule has 20 heavy (non-hydrogen) atoms. The summed E-state index contributed by atoms with van der Waals surface area (Å²) < 4.78 is 15.8. The molecule has 0 aliphatic carbocycles. The van der Waals surface area contributed by atoms with Crippen LogP contribution >= 0.6 is 0 Å². The lowest BCUT2D eigenvalue weighted by Gasteiger charge is -2.24. The van der Waals surface area contributed by atoms with Gasteiger partial charge in [-0.25, -0.2) is 0 Å². The maximum absolute atomic E-state index is 5.42. The molecule has 1 heterocycles. The molecule has 1 fully saturated rings. The van der Waals surface area contributed by atoms with Crippen LogP contribution in [-0.4, -0.2) is 77.7 Å². The van der Waals surface area contributed by atoms with Crippen LogP contribution in [0.3, 0.4) is 0 Å². The summed E-state index contributed by atoms with van der Waals surface area (Å²) in [5.74, 6) is 1.55. The normalized spacial score (nSPS) is 19.4. The number of methoxy groups -OCH3 is 1. The number of guanidine groups is 1. The smallest absolute Gasteiger partial charge is 0.193 e. The molecule has 1 aliphatic rings. The maximum Gasteiger partial charge on any atom is 0.193 e. The van der Waals surface area contributed by atoms with Gasteiger partial charge < -0.3 is 24.4 Å². The Morgan fingerprint density at radius 3 is 2.90 bits per heavy atom. The standard InChI is InChI=1S/C14H29N3O3/c1-4-15-14(16-6-8-19-10-9-18-3)17(2)11-13-5-7-20-12-13/h13H,4-12H2,1-3H3,(H,15,16). The third-order valence-corrected chi connectivity index (χ3v) is 3.18. The Balaban J connectivity index is 2.28. The molecule has 1 rings (SSSR count). The molecule has 1 atom stereocenters. The van der Waals surface area contributed by atoms with Gasteiger partial charge in [0.15, 0.2) is 5.96 Å². The van der Waals surface area contributed by atoms with Crippen molar-refractivity contribution in [3.8, 4) is 0 Å². The Morgan fingerprint density at radius 2 is 2.25 bits per heavy atom. The average molecular weight is 287 g/mol. The summed E-state index contributed by atoms with van der Waals surface area (Å²) in [7, 11) is 3.75. The molecule has 6 heteroatoms. The molecule has 6 nitrogen and oxygen atoms in total. The van der Waals surface area contributed by atoms with Gasteiger partial charge in [-0.15, -0.1) is 0 Å². The van der Waals surface area contributed by atoms with E-state index in [2.05, 4.69) is 29.2 Å². The molecule has 0 amide bonds. The number of rotatable bonds is 9. The van der Waals surface area contributed by atoms with E-state index in [9.17, 15) is 0 Å². The van der Waals surface area contributed by atoms with Gasteiger partial charge in [0.1, 0.15) is 0 Å². The largest absolute Gasteiger partial charge is 0.382 e. The van der Waals surface area contributed by atoms with Crippen LogP contribution in [0.15, 0.2) is 4.99 Å². The van der Waals surface area contributed by atoms with Gasteiger partial charge in [-0.3, -0.25) is 4.99 Å². The van der Waals surface area contributed by atoms with Crippen molar-refractivity contribution in [1.82, 2.24) is 10.2 Å². The number of hydrogen-bond donors (Lipinski definition) is 1. The van der Waals surface area contributed by atoms with Crippen molar-refractivity contribution in [3.63, 3.8) is 0 Å². The number of hydrogen-bond acceptors (Lipinski definition) is 4. The van der Waals surface area contributed by atoms with E-state index in [-0.39, 0.29) is 0 Å². The summed E-state index contributed by atoms with van der Waals surface area (Å²) in [6.07, 6.45) is 1.14. The Bertz CT molecular complexity index is 268. The van der Waals surface area contributed by atoms with Crippen molar-refractivity contribution in [1.29, 1.82) is 0 Å². The molecule has 0 aromatic carbocycles. The third-order valence-electron chi connectivity index (χ3n) is 3.18. The van der Waals surface area contributed by atoms with Gasteiger partial charge in [-0.2, -0.15) is 0 Å². The van der Waals surface area contributed by atoms with Crippen molar-refractivity contribution in [2.75, 3.05) is 66.8 Å². The molecular formula is C14H29N3O3. The molecular weight excluding hydrogens is 258 g/mol. The van der Waals surface area contributed by atoms with Gasteiger partial charge in [-0.05, 0) is 13.3 Å². The highest BCUT2D eigenvalue weighted by atomic mass is 16.5. The van der Waals surface area contributed by atoms with E-state index in [1.807, 2.05) is 0 Å². The minimum Gasteiger partial charge on any atom is -0.382 e. The van der Waals surface area contributed by atoms with E-state index < -0.39 is 0 Å². The first-order chi connectivity index (χ1) is 9.77. The van der Waals surface area contributed by atoms with E-state index >= 15 is 0 Å². The highest BCUT2D eigenvalue weighted by Gasteiger charge is 2.18. The van der Waals surface area contributed by atoms with Crippen LogP contribution in [0.4, 0.5) is 0 Å². The van der Waals surface area contributed by atoms with Crippen LogP contribution in [0.1, 0.15) is 13.3 Å². The van der Waals surface area contributed by atoms with Gasteiger partial charge >= 0.3 is 0 Å². The minimum atomic E-state index is 0.613. The summed E-state index contributed by atoms with van der Waals surface area (Å²) in [5.41, 5.74) is 0. The van der Waals surface area contributed by atoms with Gasteiger partial charge in [0.05, 0.1) is 33.0 Å². The second kappa shape index (κ2) is 10.9. The number of ether oxygens (including phenoxy) is 3. The highest BCUT2D eigenvalue weighted by molar-refractivity contribution is 5.79. The predicted octanol–water partition coefficient (Wildman–Crippen LogP) is 0.583. The molecule has 0 aromatic rings. The van der Waals surface area contributed by atoms with Gasteiger partial charge in [-0.1, -0.05) is 0 Å². The van der Waals surface area contributed by atoms with E-state index in [1.54, 1.807) is 7.11 Å². The van der Waals surface area contributed by atoms with Gasteiger partial charge in [0, 0.05) is 39.8 Å². The van der Waals surface area contributed by atoms with Crippen LogP contribution in [0.25, 0.3) is 0 Å². The lowest BCUT2D eigenvalue weighted by molar-refractivity contribution is 0.0747. The Morgan fingerprint density at radius 1 is 1.40 bits per heavy atom. The van der Waals surface area contributed by atoms with Crippen molar-refractivity contribution >= 4 is 5.96 Å². The van der Waals surface area contributed by atoms with Crippen LogP contribution in [-0.2, 0) is 14.2 Å². The van der Waals surface area contributed by atoms with E-state index in [0.717, 1.165) is 38.7 Å². The molecule has 1 N–H and O–H groups in total. The topological polar surface area (TPSA) is 55.3 Å². The molecule has 0 bridgehead atoms. The second-order valence-corrected chi connectivity index (χ2v) is 4.95. The summed E-state index contributed by atoms with van der Waals surface area (Å²) in [4.78, 5) is 6.76. The van der Waals surface area contributed by atoms with E-state index in [1.165, 1.54) is 0 Å². The Kier molecular flexibility index (Phi) is 9.36. The second-order valence-electron chi connectivity index (χ2n) is 4.95. The summed E-state index contributed by atoms with van der Waals surface area (Å²) >= 11 is 0. The SMILES string of the molecule is CCNC(=NCCOCCOC)N(C)CC1CCOC1. The fourth-order valence-corrected chi connectivity index (χ4v) is 2.13. The Hall–Kier alpha value is -0.850. The molecule has 0 spiro atoms. The van der Waals surface area contributed by atoms with Gasteiger partial charge in [0.25, 0.3) is 0 Å². The van der Waals surface area contributed by atoms with Crippen molar-refractivity contribution < 1.29 is 14.2 Å². The number of aliphatic imine (C=N–C) groups is 1. The zero-order chi connectivity index (χ0) is 14.6. The zero-order valence-electron chi connectivity index (χ0n) is 13.1. The van der Waals surface area contributed by atoms with Crippen LogP contribution in [0.5, 0.6) is 0 Å². The molecule has 1 unspecified atom stereocenters. The molecule has 1 saturated heterocycles. The summed E-state index contributed by atoms with van der Waals surface area (Å²) in [6, 6.07) is 0. The monoisotopic (exact) mass is 287 g/mol. The minimum absolute atomic E-state index is 0.613. The van der Waals surface area contributed by atoms with Crippen LogP contribution in [0.2, 0.25) is 0 Å². The molecule has 0 radical (unpaired) electrons. The molecule has 0 aromatic heterocycles. The Labute approximate surface area is 122 Å². The van der Waals surface area contributed by atoms with E-state index in [4.69, 9.17) is 14.2 Å². The van der Waals surface area contributed by atoms with Crippen molar-refractivity contribution in [2.45, 2.75) is 13.3 Å². The number of nitrogens with one attached hydrogen (secondary N) is 1. The summed E-state index contributed by atoms with van der Waals surface area (Å²) in [5, 5.41) is 3.31. The third kappa shape index (κ3) is 7.07. The fraction of sp³-hybridized carbons (Fsp3) is 0.929. The quantitative estimate of drug-likeness (QED) is 0.382. The first-order valence-corrected chi connectivity index (χ1v) is 7.41. The van der Waals surface area contributed by atoms with Crippen molar-refractivity contribution in [3.05, 3.63) is 0 Å². The first-order valence-electron chi connectivity index (χ1n) is 7.41. The lowest BCUT2D eigenvalue weighted by Crippen LogP contribution is -2.41. The lowest BCUT2D eigenvalue weighted by atomic mass is 10.1. The van der Waals surface area contributed by atoms with Crippen LogP contribution < -0.4 is 5.32 Å². The average Bonchev–Trinajstić information content (AvgIpc) is 2.94. The zero-order valence-corrected chi connectivity index (χ0v) is 13.1. The van der Waals surface area contributed by atoms with Crippen LogP contribution in [0, 0.1) is 5.92 Å². The fourth-order valence-electron chi connectivity index (χ4n) is 2.13. The maximum atomic E-state index is 5.42. The predicted molar refractivity (Wildman–Crippen MR) is 80.2 cm³/mol. The highest BCUT2D eigenvalue weighted by Crippen LogP contribution is 2.13. The molecule has 1 aliphatic heterocycles. The molecule has 0 saturated carbocycles. The van der Waals surface area contributed by atoms with Crippen molar-refractivity contribution in [2.24, 2.45) is 10.9 Å². The van der Waals surface area contributed by atoms with E-state index in [0.29, 0.717) is 32.3 Å². The van der Waals surface area contributed by atoms with Gasteiger partial charge in [0.2, 0.25) is 0 Å².